The van der Waals surface area contributed by atoms with E-state index in [-0.39, 0.29) is 41.9 Å². The average molecular weight is 323 g/mol. The number of hydrogen-bond donors (Lipinski definition) is 2. The second kappa shape index (κ2) is 5.60. The smallest absolute Gasteiger partial charge is 0.337 e. The van der Waals surface area contributed by atoms with Crippen molar-refractivity contribution in [2.24, 2.45) is 0 Å². The van der Waals surface area contributed by atoms with Crippen LogP contribution in [0.2, 0.25) is 0 Å². The van der Waals surface area contributed by atoms with Gasteiger partial charge in [-0.1, -0.05) is 0 Å². The molecule has 0 radical (unpaired) electrons. The van der Waals surface area contributed by atoms with Crippen molar-refractivity contribution >= 4 is 17.6 Å². The van der Waals surface area contributed by atoms with Crippen LogP contribution in [0.1, 0.15) is 31.8 Å². The number of rotatable bonds is 7. The summed E-state index contributed by atoms with van der Waals surface area (Å²) in [6, 6.07) is 1.07. The molecule has 0 spiro atoms. The summed E-state index contributed by atoms with van der Waals surface area (Å²) in [6.07, 6.45) is -0.344. The molecule has 2 heterocycles. The van der Waals surface area contributed by atoms with Crippen LogP contribution < -0.4 is 0 Å². The summed E-state index contributed by atoms with van der Waals surface area (Å²) in [7, 11) is 0. The molecule has 2 fully saturated rings. The topological polar surface area (TPSA) is 143 Å². The van der Waals surface area contributed by atoms with E-state index in [0.29, 0.717) is 13.2 Å². The van der Waals surface area contributed by atoms with Gasteiger partial charge in [0, 0.05) is 24.0 Å². The summed E-state index contributed by atoms with van der Waals surface area (Å²) in [5.41, 5.74) is -1.26. The van der Waals surface area contributed by atoms with Crippen LogP contribution in [0.5, 0.6) is 0 Å². The van der Waals surface area contributed by atoms with Crippen LogP contribution >= 0.6 is 0 Å². The monoisotopic (exact) mass is 323 g/mol. The Balaban J connectivity index is 2.22. The van der Waals surface area contributed by atoms with Gasteiger partial charge in [0.15, 0.2) is 0 Å². The Morgan fingerprint density at radius 3 is 2.17 bits per heavy atom. The average Bonchev–Trinajstić information content (AvgIpc) is 3.32. The number of carboxylic acids is 2. The number of ether oxygens (including phenoxy) is 2. The molecule has 2 saturated heterocycles. The lowest BCUT2D eigenvalue weighted by molar-refractivity contribution is -0.386. The van der Waals surface area contributed by atoms with Gasteiger partial charge in [0.05, 0.1) is 41.5 Å². The van der Waals surface area contributed by atoms with E-state index in [1.807, 2.05) is 0 Å². The summed E-state index contributed by atoms with van der Waals surface area (Å²) in [5, 5.41) is 30.2. The number of hydrogen-bond acceptors (Lipinski definition) is 6. The zero-order chi connectivity index (χ0) is 16.7. The molecule has 0 bridgehead atoms. The zero-order valence-electron chi connectivity index (χ0n) is 11.9. The predicted octanol–water partition coefficient (Wildman–Crippen LogP) is 0.874. The van der Waals surface area contributed by atoms with Crippen LogP contribution in [0.25, 0.3) is 0 Å². The number of nitro benzene ring substituents is 1. The fraction of sp³-hybridized carbons (Fsp3) is 0.429. The van der Waals surface area contributed by atoms with Crippen molar-refractivity contribution < 1.29 is 34.2 Å². The largest absolute Gasteiger partial charge is 0.478 e. The SMILES string of the molecule is O=C(O)c1cc(CC2CO2)c([N+](=O)[O-])c(CC2CO2)c1C(=O)O. The van der Waals surface area contributed by atoms with Crippen molar-refractivity contribution in [1.29, 1.82) is 0 Å². The molecule has 9 heteroatoms. The summed E-state index contributed by atoms with van der Waals surface area (Å²) >= 11 is 0. The van der Waals surface area contributed by atoms with Gasteiger partial charge < -0.3 is 19.7 Å². The molecule has 23 heavy (non-hydrogen) atoms. The molecular weight excluding hydrogens is 310 g/mol. The number of nitrogens with zero attached hydrogens (tertiary/aromatic N) is 1. The summed E-state index contributed by atoms with van der Waals surface area (Å²) in [4.78, 5) is 33.8. The summed E-state index contributed by atoms with van der Waals surface area (Å²) in [5.74, 6) is -2.94. The molecule has 2 N–H and O–H groups in total. The lowest BCUT2D eigenvalue weighted by Gasteiger charge is -2.13. The van der Waals surface area contributed by atoms with Crippen LogP contribution in [-0.2, 0) is 22.3 Å². The van der Waals surface area contributed by atoms with Crippen LogP contribution in [0, 0.1) is 10.1 Å². The normalized spacial score (nSPS) is 21.7. The lowest BCUT2D eigenvalue weighted by atomic mass is 9.90. The fourth-order valence-corrected chi connectivity index (χ4v) is 2.63. The van der Waals surface area contributed by atoms with Gasteiger partial charge in [-0.15, -0.1) is 0 Å². The first-order chi connectivity index (χ1) is 10.9. The van der Waals surface area contributed by atoms with Gasteiger partial charge in [0.25, 0.3) is 5.69 Å². The Kier molecular flexibility index (Phi) is 3.74. The van der Waals surface area contributed by atoms with Gasteiger partial charge in [0.2, 0.25) is 0 Å². The van der Waals surface area contributed by atoms with E-state index < -0.39 is 28.0 Å². The van der Waals surface area contributed by atoms with Crippen LogP contribution in [0.4, 0.5) is 5.69 Å². The van der Waals surface area contributed by atoms with Crippen molar-refractivity contribution in [1.82, 2.24) is 0 Å². The molecule has 2 aliphatic heterocycles. The van der Waals surface area contributed by atoms with E-state index in [2.05, 4.69) is 0 Å². The van der Waals surface area contributed by atoms with Crippen molar-refractivity contribution in [3.05, 3.63) is 38.4 Å². The van der Waals surface area contributed by atoms with Gasteiger partial charge >= 0.3 is 11.9 Å². The molecule has 0 aromatic heterocycles. The van der Waals surface area contributed by atoms with Gasteiger partial charge in [-0.05, 0) is 6.07 Å². The lowest BCUT2D eigenvalue weighted by Crippen LogP contribution is -2.17. The molecule has 122 valence electrons. The highest BCUT2D eigenvalue weighted by Gasteiger charge is 2.37. The first-order valence-corrected chi connectivity index (χ1v) is 6.91. The molecule has 0 saturated carbocycles. The second-order valence-corrected chi connectivity index (χ2v) is 5.47. The van der Waals surface area contributed by atoms with Crippen LogP contribution in [0.3, 0.4) is 0 Å². The van der Waals surface area contributed by atoms with E-state index in [9.17, 15) is 29.9 Å². The van der Waals surface area contributed by atoms with Gasteiger partial charge in [0.1, 0.15) is 0 Å². The highest BCUT2D eigenvalue weighted by molar-refractivity contribution is 6.04. The Labute approximate surface area is 129 Å². The van der Waals surface area contributed by atoms with E-state index in [1.165, 1.54) is 0 Å². The maximum atomic E-state index is 11.5. The van der Waals surface area contributed by atoms with Crippen molar-refractivity contribution in [3.63, 3.8) is 0 Å². The minimum Gasteiger partial charge on any atom is -0.478 e. The van der Waals surface area contributed by atoms with E-state index >= 15 is 0 Å². The molecular formula is C14H13NO8. The third-order valence-electron chi connectivity index (χ3n) is 3.79. The third kappa shape index (κ3) is 3.15. The Bertz CT molecular complexity index is 705. The number of benzene rings is 1. The molecule has 1 aromatic rings. The second-order valence-electron chi connectivity index (χ2n) is 5.47. The zero-order valence-corrected chi connectivity index (χ0v) is 11.9. The van der Waals surface area contributed by atoms with Crippen molar-refractivity contribution in [2.75, 3.05) is 13.2 Å². The van der Waals surface area contributed by atoms with E-state index in [4.69, 9.17) is 9.47 Å². The van der Waals surface area contributed by atoms with E-state index in [1.54, 1.807) is 0 Å². The van der Waals surface area contributed by atoms with Gasteiger partial charge in [-0.25, -0.2) is 9.59 Å². The molecule has 0 amide bonds. The van der Waals surface area contributed by atoms with Crippen LogP contribution in [-0.4, -0.2) is 52.5 Å². The predicted molar refractivity (Wildman–Crippen MR) is 73.9 cm³/mol. The maximum Gasteiger partial charge on any atom is 0.337 e. The molecule has 0 aliphatic carbocycles. The maximum absolute atomic E-state index is 11.5. The number of carboxylic acid groups (broad SMARTS) is 2. The first-order valence-electron chi connectivity index (χ1n) is 6.91. The number of aromatic carboxylic acids is 2. The first kappa shape index (κ1) is 15.4. The molecule has 3 rings (SSSR count). The Morgan fingerprint density at radius 1 is 1.17 bits per heavy atom. The van der Waals surface area contributed by atoms with E-state index in [0.717, 1.165) is 6.07 Å². The Hall–Kier alpha value is -2.52. The molecule has 2 atom stereocenters. The summed E-state index contributed by atoms with van der Waals surface area (Å²) in [6.45, 7) is 0.815. The standard InChI is InChI=1S/C14H13NO8/c16-13(17)10-2-6(1-7-4-22-7)12(15(20)21)9(3-8-5-23-8)11(10)14(18)19/h2,7-8H,1,3-5H2,(H,16,17)(H,18,19). The molecule has 1 aromatic carbocycles. The fourth-order valence-electron chi connectivity index (χ4n) is 2.63. The highest BCUT2D eigenvalue weighted by atomic mass is 16.6. The minimum absolute atomic E-state index is 0.00239. The van der Waals surface area contributed by atoms with Crippen molar-refractivity contribution in [2.45, 2.75) is 25.0 Å². The molecule has 2 aliphatic rings. The number of carbonyl (C=O) groups is 2. The number of epoxide rings is 2. The quantitative estimate of drug-likeness (QED) is 0.427. The van der Waals surface area contributed by atoms with Crippen molar-refractivity contribution in [3.8, 4) is 0 Å². The Morgan fingerprint density at radius 2 is 1.74 bits per heavy atom. The highest BCUT2D eigenvalue weighted by Crippen LogP contribution is 2.35. The van der Waals surface area contributed by atoms with Gasteiger partial charge in [-0.2, -0.15) is 0 Å². The minimum atomic E-state index is -1.50. The summed E-state index contributed by atoms with van der Waals surface area (Å²) < 4.78 is 10.1. The molecule has 9 nitrogen and oxygen atoms in total. The van der Waals surface area contributed by atoms with Gasteiger partial charge in [-0.3, -0.25) is 10.1 Å². The van der Waals surface area contributed by atoms with Crippen LogP contribution in [0.15, 0.2) is 6.07 Å². The number of nitro groups is 1. The third-order valence-corrected chi connectivity index (χ3v) is 3.79. The molecule has 2 unspecified atom stereocenters.